The highest BCUT2D eigenvalue weighted by Crippen LogP contribution is 2.17. The molecule has 0 aromatic carbocycles. The molecule has 19 heavy (non-hydrogen) atoms. The highest BCUT2D eigenvalue weighted by molar-refractivity contribution is 5.71. The predicted octanol–water partition coefficient (Wildman–Crippen LogP) is 2.59. The molecule has 94 valence electrons. The van der Waals surface area contributed by atoms with Crippen LogP contribution in [-0.2, 0) is 0 Å². The highest BCUT2D eigenvalue weighted by atomic mass is 15.0. The van der Waals surface area contributed by atoms with E-state index in [1.807, 2.05) is 37.3 Å². The second kappa shape index (κ2) is 4.97. The van der Waals surface area contributed by atoms with E-state index in [0.717, 1.165) is 17.0 Å². The van der Waals surface area contributed by atoms with Crippen LogP contribution >= 0.6 is 0 Å². The SMILES string of the molecule is CC(Nc1ccc2nccnc2n1)c1ccccn1. The molecule has 0 amide bonds. The number of nitrogens with one attached hydrogen (secondary N) is 1. The van der Waals surface area contributed by atoms with Gasteiger partial charge in [0.2, 0.25) is 0 Å². The van der Waals surface area contributed by atoms with E-state index in [2.05, 4.69) is 25.3 Å². The molecule has 1 atom stereocenters. The van der Waals surface area contributed by atoms with Gasteiger partial charge in [0.15, 0.2) is 5.65 Å². The maximum atomic E-state index is 4.43. The van der Waals surface area contributed by atoms with Gasteiger partial charge in [-0.3, -0.25) is 9.97 Å². The minimum Gasteiger partial charge on any atom is -0.362 e. The first-order valence-corrected chi connectivity index (χ1v) is 6.08. The van der Waals surface area contributed by atoms with Gasteiger partial charge < -0.3 is 5.32 Å². The van der Waals surface area contributed by atoms with Crippen LogP contribution in [0.1, 0.15) is 18.7 Å². The van der Waals surface area contributed by atoms with E-state index in [9.17, 15) is 0 Å². The third-order valence-electron chi connectivity index (χ3n) is 2.83. The lowest BCUT2D eigenvalue weighted by molar-refractivity contribution is 0.833. The van der Waals surface area contributed by atoms with E-state index < -0.39 is 0 Å². The first-order valence-electron chi connectivity index (χ1n) is 6.08. The molecule has 0 bridgehead atoms. The van der Waals surface area contributed by atoms with E-state index >= 15 is 0 Å². The molecule has 0 aliphatic heterocycles. The summed E-state index contributed by atoms with van der Waals surface area (Å²) in [4.78, 5) is 17.1. The van der Waals surface area contributed by atoms with Gasteiger partial charge in [0.05, 0.1) is 11.7 Å². The van der Waals surface area contributed by atoms with E-state index in [-0.39, 0.29) is 6.04 Å². The second-order valence-corrected chi connectivity index (χ2v) is 4.22. The van der Waals surface area contributed by atoms with E-state index in [4.69, 9.17) is 0 Å². The fourth-order valence-corrected chi connectivity index (χ4v) is 1.86. The lowest BCUT2D eigenvalue weighted by Crippen LogP contribution is -2.09. The number of hydrogen-bond acceptors (Lipinski definition) is 5. The number of rotatable bonds is 3. The molecule has 1 unspecified atom stereocenters. The number of pyridine rings is 2. The molecule has 3 rings (SSSR count). The molecule has 0 radical (unpaired) electrons. The molecule has 5 nitrogen and oxygen atoms in total. The molecule has 0 spiro atoms. The summed E-state index contributed by atoms with van der Waals surface area (Å²) in [5.74, 6) is 0.770. The first kappa shape index (κ1) is 11.5. The molecule has 3 heterocycles. The summed E-state index contributed by atoms with van der Waals surface area (Å²) in [6.45, 7) is 2.05. The zero-order chi connectivity index (χ0) is 13.1. The normalized spacial score (nSPS) is 12.3. The molecule has 0 aliphatic carbocycles. The van der Waals surface area contributed by atoms with Gasteiger partial charge in [-0.05, 0) is 31.2 Å². The Labute approximate surface area is 110 Å². The molecule has 3 aromatic rings. The minimum atomic E-state index is 0.0859. The van der Waals surface area contributed by atoms with E-state index in [1.165, 1.54) is 0 Å². The van der Waals surface area contributed by atoms with Crippen molar-refractivity contribution in [3.05, 3.63) is 54.6 Å². The molecule has 1 N–H and O–H groups in total. The van der Waals surface area contributed by atoms with Crippen molar-refractivity contribution in [3.8, 4) is 0 Å². The third kappa shape index (κ3) is 2.49. The molecule has 0 aliphatic rings. The van der Waals surface area contributed by atoms with Gasteiger partial charge in [0.25, 0.3) is 0 Å². The van der Waals surface area contributed by atoms with Crippen LogP contribution < -0.4 is 5.32 Å². The van der Waals surface area contributed by atoms with Crippen LogP contribution in [0, 0.1) is 0 Å². The summed E-state index contributed by atoms with van der Waals surface area (Å²) >= 11 is 0. The number of aromatic nitrogens is 4. The largest absolute Gasteiger partial charge is 0.362 e. The van der Waals surface area contributed by atoms with Crippen molar-refractivity contribution in [2.75, 3.05) is 5.32 Å². The average Bonchev–Trinajstić information content (AvgIpc) is 2.48. The van der Waals surface area contributed by atoms with Crippen molar-refractivity contribution in [2.45, 2.75) is 13.0 Å². The number of fused-ring (bicyclic) bond motifs is 1. The molecule has 0 saturated heterocycles. The van der Waals surface area contributed by atoms with Crippen LogP contribution in [0.4, 0.5) is 5.82 Å². The topological polar surface area (TPSA) is 63.6 Å². The maximum absolute atomic E-state index is 4.43. The number of nitrogens with zero attached hydrogens (tertiary/aromatic N) is 4. The average molecular weight is 251 g/mol. The van der Waals surface area contributed by atoms with Gasteiger partial charge >= 0.3 is 0 Å². The Kier molecular flexibility index (Phi) is 3.02. The summed E-state index contributed by atoms with van der Waals surface area (Å²) in [5.41, 5.74) is 2.41. The van der Waals surface area contributed by atoms with E-state index in [1.54, 1.807) is 18.6 Å². The van der Waals surface area contributed by atoms with Crippen LogP contribution in [0.25, 0.3) is 11.2 Å². The van der Waals surface area contributed by atoms with Crippen LogP contribution in [-0.4, -0.2) is 19.9 Å². The second-order valence-electron chi connectivity index (χ2n) is 4.22. The number of anilines is 1. The Morgan fingerprint density at radius 2 is 1.84 bits per heavy atom. The van der Waals surface area contributed by atoms with Crippen LogP contribution in [0.15, 0.2) is 48.9 Å². The highest BCUT2D eigenvalue weighted by Gasteiger charge is 2.07. The lowest BCUT2D eigenvalue weighted by Gasteiger charge is -2.13. The minimum absolute atomic E-state index is 0.0859. The quantitative estimate of drug-likeness (QED) is 0.775. The Bertz CT molecular complexity index is 683. The molecule has 5 heteroatoms. The summed E-state index contributed by atoms with van der Waals surface area (Å²) in [5, 5.41) is 3.31. The summed E-state index contributed by atoms with van der Waals surface area (Å²) < 4.78 is 0. The van der Waals surface area contributed by atoms with Crippen molar-refractivity contribution in [1.82, 2.24) is 19.9 Å². The monoisotopic (exact) mass is 251 g/mol. The van der Waals surface area contributed by atoms with E-state index in [0.29, 0.717) is 5.65 Å². The Balaban J connectivity index is 1.85. The van der Waals surface area contributed by atoms with Gasteiger partial charge in [-0.15, -0.1) is 0 Å². The summed E-state index contributed by atoms with van der Waals surface area (Å²) in [6.07, 6.45) is 5.09. The van der Waals surface area contributed by atoms with Crippen molar-refractivity contribution in [2.24, 2.45) is 0 Å². The van der Waals surface area contributed by atoms with Crippen LogP contribution in [0.3, 0.4) is 0 Å². The third-order valence-corrected chi connectivity index (χ3v) is 2.83. The summed E-state index contributed by atoms with van der Waals surface area (Å²) in [7, 11) is 0. The Morgan fingerprint density at radius 1 is 0.947 bits per heavy atom. The molecule has 0 saturated carbocycles. The Hall–Kier alpha value is -2.56. The predicted molar refractivity (Wildman–Crippen MR) is 73.6 cm³/mol. The molecule has 3 aromatic heterocycles. The van der Waals surface area contributed by atoms with Gasteiger partial charge in [-0.2, -0.15) is 0 Å². The molecular formula is C14H13N5. The zero-order valence-corrected chi connectivity index (χ0v) is 10.5. The molecular weight excluding hydrogens is 238 g/mol. The van der Waals surface area contributed by atoms with Gasteiger partial charge in [0, 0.05) is 18.6 Å². The molecule has 0 fully saturated rings. The standard InChI is InChI=1S/C14H13N5/c1-10(11-4-2-3-7-15-11)18-13-6-5-12-14(19-13)17-9-8-16-12/h2-10H,1H3,(H,17,18,19). The maximum Gasteiger partial charge on any atom is 0.180 e. The van der Waals surface area contributed by atoms with Crippen molar-refractivity contribution in [1.29, 1.82) is 0 Å². The van der Waals surface area contributed by atoms with Gasteiger partial charge in [-0.25, -0.2) is 9.97 Å². The smallest absolute Gasteiger partial charge is 0.180 e. The fraction of sp³-hybridized carbons (Fsp3) is 0.143. The lowest BCUT2D eigenvalue weighted by atomic mass is 10.2. The summed E-state index contributed by atoms with van der Waals surface area (Å²) in [6, 6.07) is 9.75. The Morgan fingerprint density at radius 3 is 2.68 bits per heavy atom. The zero-order valence-electron chi connectivity index (χ0n) is 10.5. The van der Waals surface area contributed by atoms with Crippen molar-refractivity contribution in [3.63, 3.8) is 0 Å². The fourth-order valence-electron chi connectivity index (χ4n) is 1.86. The van der Waals surface area contributed by atoms with Crippen molar-refractivity contribution >= 4 is 17.0 Å². The first-order chi connectivity index (χ1) is 9.33. The van der Waals surface area contributed by atoms with Gasteiger partial charge in [-0.1, -0.05) is 6.07 Å². The van der Waals surface area contributed by atoms with Crippen LogP contribution in [0.2, 0.25) is 0 Å². The van der Waals surface area contributed by atoms with Crippen LogP contribution in [0.5, 0.6) is 0 Å². The number of hydrogen-bond donors (Lipinski definition) is 1. The van der Waals surface area contributed by atoms with Crippen molar-refractivity contribution < 1.29 is 0 Å². The van der Waals surface area contributed by atoms with Gasteiger partial charge in [0.1, 0.15) is 11.3 Å².